The van der Waals surface area contributed by atoms with Gasteiger partial charge in [0.15, 0.2) is 0 Å². The molecular weight excluding hydrogens is 184 g/mol. The number of aliphatic hydroxyl groups is 1. The normalized spacial score (nSPS) is 36.6. The second kappa shape index (κ2) is 4.86. The second-order valence-corrected chi connectivity index (χ2v) is 6.57. The Morgan fingerprint density at radius 2 is 1.60 bits per heavy atom. The van der Waals surface area contributed by atoms with Crippen LogP contribution in [-0.4, -0.2) is 10.7 Å². The SMILES string of the molecule is CC(C)CC(C)(O)C1CC(C)CC(C)C1. The van der Waals surface area contributed by atoms with Gasteiger partial charge in [-0.3, -0.25) is 0 Å². The summed E-state index contributed by atoms with van der Waals surface area (Å²) in [5, 5.41) is 10.5. The zero-order valence-electron chi connectivity index (χ0n) is 11.1. The second-order valence-electron chi connectivity index (χ2n) is 6.57. The van der Waals surface area contributed by atoms with Gasteiger partial charge in [-0.25, -0.2) is 0 Å². The first-order valence-corrected chi connectivity index (χ1v) is 6.53. The van der Waals surface area contributed by atoms with Gasteiger partial charge in [-0.2, -0.15) is 0 Å². The lowest BCUT2D eigenvalue weighted by atomic mass is 9.68. The summed E-state index contributed by atoms with van der Waals surface area (Å²) in [5.74, 6) is 2.68. The summed E-state index contributed by atoms with van der Waals surface area (Å²) in [7, 11) is 0. The molecule has 1 nitrogen and oxygen atoms in total. The molecule has 15 heavy (non-hydrogen) atoms. The van der Waals surface area contributed by atoms with Gasteiger partial charge >= 0.3 is 0 Å². The molecule has 0 saturated heterocycles. The smallest absolute Gasteiger partial charge is 0.0650 e. The Morgan fingerprint density at radius 1 is 1.13 bits per heavy atom. The average Bonchev–Trinajstić information content (AvgIpc) is 1.99. The number of rotatable bonds is 3. The fourth-order valence-electron chi connectivity index (χ4n) is 3.45. The van der Waals surface area contributed by atoms with Crippen molar-refractivity contribution >= 4 is 0 Å². The molecule has 0 aromatic carbocycles. The molecule has 3 atom stereocenters. The van der Waals surface area contributed by atoms with Gasteiger partial charge in [0.2, 0.25) is 0 Å². The maximum Gasteiger partial charge on any atom is 0.0650 e. The summed E-state index contributed by atoms with van der Waals surface area (Å²) in [6.45, 7) is 11.1. The van der Waals surface area contributed by atoms with E-state index in [4.69, 9.17) is 0 Å². The summed E-state index contributed by atoms with van der Waals surface area (Å²) in [5.41, 5.74) is -0.447. The summed E-state index contributed by atoms with van der Waals surface area (Å²) in [6.07, 6.45) is 4.71. The van der Waals surface area contributed by atoms with E-state index in [-0.39, 0.29) is 0 Å². The zero-order chi connectivity index (χ0) is 11.6. The zero-order valence-corrected chi connectivity index (χ0v) is 11.1. The average molecular weight is 212 g/mol. The lowest BCUT2D eigenvalue weighted by molar-refractivity contribution is -0.0479. The molecule has 1 aliphatic rings. The summed E-state index contributed by atoms with van der Waals surface area (Å²) >= 11 is 0. The quantitative estimate of drug-likeness (QED) is 0.753. The lowest BCUT2D eigenvalue weighted by Gasteiger charge is -2.41. The van der Waals surface area contributed by atoms with Crippen molar-refractivity contribution in [2.24, 2.45) is 23.7 Å². The van der Waals surface area contributed by atoms with Crippen LogP contribution < -0.4 is 0 Å². The maximum absolute atomic E-state index is 10.5. The Morgan fingerprint density at radius 3 is 2.00 bits per heavy atom. The molecule has 1 fully saturated rings. The van der Waals surface area contributed by atoms with Crippen LogP contribution in [0.4, 0.5) is 0 Å². The van der Waals surface area contributed by atoms with Crippen LogP contribution in [0.5, 0.6) is 0 Å². The van der Waals surface area contributed by atoms with E-state index in [1.807, 2.05) is 6.92 Å². The molecule has 90 valence electrons. The molecule has 0 radical (unpaired) electrons. The third-order valence-corrected chi connectivity index (χ3v) is 3.88. The van der Waals surface area contributed by atoms with E-state index in [1.165, 1.54) is 19.3 Å². The molecule has 0 bridgehead atoms. The van der Waals surface area contributed by atoms with E-state index < -0.39 is 5.60 Å². The first-order valence-electron chi connectivity index (χ1n) is 6.53. The van der Waals surface area contributed by atoms with Crippen LogP contribution >= 0.6 is 0 Å². The minimum Gasteiger partial charge on any atom is -0.390 e. The van der Waals surface area contributed by atoms with Gasteiger partial charge < -0.3 is 5.11 Å². The minimum absolute atomic E-state index is 0.447. The lowest BCUT2D eigenvalue weighted by Crippen LogP contribution is -2.40. The molecule has 0 aromatic heterocycles. The minimum atomic E-state index is -0.447. The van der Waals surface area contributed by atoms with Crippen LogP contribution in [0.2, 0.25) is 0 Å². The van der Waals surface area contributed by atoms with Gasteiger partial charge in [-0.1, -0.05) is 27.7 Å². The van der Waals surface area contributed by atoms with Crippen molar-refractivity contribution < 1.29 is 5.11 Å². The Bertz CT molecular complexity index is 186. The summed E-state index contributed by atoms with van der Waals surface area (Å²) < 4.78 is 0. The molecular formula is C14H28O. The van der Waals surface area contributed by atoms with Gasteiger partial charge in [0.25, 0.3) is 0 Å². The van der Waals surface area contributed by atoms with Gasteiger partial charge in [0, 0.05) is 0 Å². The van der Waals surface area contributed by atoms with Crippen molar-refractivity contribution in [3.8, 4) is 0 Å². The highest BCUT2D eigenvalue weighted by Crippen LogP contribution is 2.40. The van der Waals surface area contributed by atoms with Crippen LogP contribution in [0.1, 0.15) is 60.3 Å². The molecule has 0 aromatic rings. The van der Waals surface area contributed by atoms with Crippen LogP contribution in [0.25, 0.3) is 0 Å². The van der Waals surface area contributed by atoms with Gasteiger partial charge in [0.05, 0.1) is 5.60 Å². The highest BCUT2D eigenvalue weighted by atomic mass is 16.3. The maximum atomic E-state index is 10.5. The molecule has 0 spiro atoms. The molecule has 0 heterocycles. The van der Waals surface area contributed by atoms with E-state index in [0.717, 1.165) is 18.3 Å². The van der Waals surface area contributed by atoms with Crippen LogP contribution in [0, 0.1) is 23.7 Å². The van der Waals surface area contributed by atoms with Crippen molar-refractivity contribution in [3.63, 3.8) is 0 Å². The first-order chi connectivity index (χ1) is 6.81. The Balaban J connectivity index is 2.60. The monoisotopic (exact) mass is 212 g/mol. The third kappa shape index (κ3) is 3.79. The summed E-state index contributed by atoms with van der Waals surface area (Å²) in [6, 6.07) is 0. The van der Waals surface area contributed by atoms with E-state index in [9.17, 15) is 5.11 Å². The largest absolute Gasteiger partial charge is 0.390 e. The molecule has 1 aliphatic carbocycles. The Labute approximate surface area is 95.3 Å². The number of hydrogen-bond acceptors (Lipinski definition) is 1. The molecule has 1 N–H and O–H groups in total. The van der Waals surface area contributed by atoms with Gasteiger partial charge in [-0.15, -0.1) is 0 Å². The van der Waals surface area contributed by atoms with E-state index >= 15 is 0 Å². The van der Waals surface area contributed by atoms with E-state index in [1.54, 1.807) is 0 Å². The molecule has 3 unspecified atom stereocenters. The Hall–Kier alpha value is -0.0400. The standard InChI is InChI=1S/C14H28O/c1-10(2)9-14(5,15)13-7-11(3)6-12(4)8-13/h10-13,15H,6-9H2,1-5H3. The van der Waals surface area contributed by atoms with Crippen LogP contribution in [0.3, 0.4) is 0 Å². The summed E-state index contributed by atoms with van der Waals surface area (Å²) in [4.78, 5) is 0. The van der Waals surface area contributed by atoms with Gasteiger partial charge in [0.1, 0.15) is 0 Å². The number of hydrogen-bond donors (Lipinski definition) is 1. The predicted molar refractivity (Wildman–Crippen MR) is 65.7 cm³/mol. The van der Waals surface area contributed by atoms with Crippen molar-refractivity contribution in [1.82, 2.24) is 0 Å². The third-order valence-electron chi connectivity index (χ3n) is 3.88. The van der Waals surface area contributed by atoms with Gasteiger partial charge in [-0.05, 0) is 56.3 Å². The van der Waals surface area contributed by atoms with Crippen LogP contribution in [-0.2, 0) is 0 Å². The first kappa shape index (κ1) is 13.0. The van der Waals surface area contributed by atoms with E-state index in [2.05, 4.69) is 27.7 Å². The fraction of sp³-hybridized carbons (Fsp3) is 1.00. The molecule has 0 aliphatic heterocycles. The van der Waals surface area contributed by atoms with Crippen molar-refractivity contribution in [1.29, 1.82) is 0 Å². The molecule has 0 amide bonds. The molecule has 1 saturated carbocycles. The van der Waals surface area contributed by atoms with Crippen molar-refractivity contribution in [2.45, 2.75) is 65.9 Å². The molecule has 1 heteroatoms. The topological polar surface area (TPSA) is 20.2 Å². The van der Waals surface area contributed by atoms with Crippen molar-refractivity contribution in [3.05, 3.63) is 0 Å². The Kier molecular flexibility index (Phi) is 4.22. The predicted octanol–water partition coefficient (Wildman–Crippen LogP) is 3.86. The highest BCUT2D eigenvalue weighted by molar-refractivity contribution is 4.88. The highest BCUT2D eigenvalue weighted by Gasteiger charge is 2.37. The van der Waals surface area contributed by atoms with Crippen molar-refractivity contribution in [2.75, 3.05) is 0 Å². The molecule has 1 rings (SSSR count). The van der Waals surface area contributed by atoms with Crippen LogP contribution in [0.15, 0.2) is 0 Å². The fourth-order valence-corrected chi connectivity index (χ4v) is 3.45. The van der Waals surface area contributed by atoms with E-state index in [0.29, 0.717) is 11.8 Å².